The molecular weight excluding hydrogens is 228 g/mol. The summed E-state index contributed by atoms with van der Waals surface area (Å²) < 4.78 is 5.07. The normalized spacial score (nSPS) is 19.7. The molecule has 0 N–H and O–H groups in total. The van der Waals surface area contributed by atoms with Gasteiger partial charge in [-0.15, -0.1) is 0 Å². The second kappa shape index (κ2) is 4.77. The van der Waals surface area contributed by atoms with Crippen molar-refractivity contribution in [2.24, 2.45) is 0 Å². The number of Topliss-reactive ketones (excluding diaryl/α,β-unsaturated/α-hetero) is 1. The second-order valence-electron chi connectivity index (χ2n) is 4.61. The Morgan fingerprint density at radius 2 is 1.94 bits per heavy atom. The van der Waals surface area contributed by atoms with Gasteiger partial charge in [0.2, 0.25) is 0 Å². The lowest BCUT2D eigenvalue weighted by atomic mass is 9.82. The summed E-state index contributed by atoms with van der Waals surface area (Å²) in [7, 11) is 0. The van der Waals surface area contributed by atoms with Crippen LogP contribution in [0.25, 0.3) is 0 Å². The monoisotopic (exact) mass is 244 g/mol. The van der Waals surface area contributed by atoms with E-state index in [0.717, 1.165) is 11.1 Å². The van der Waals surface area contributed by atoms with Gasteiger partial charge >= 0.3 is 5.97 Å². The van der Waals surface area contributed by atoms with E-state index in [1.54, 1.807) is 6.92 Å². The van der Waals surface area contributed by atoms with Gasteiger partial charge in [0.15, 0.2) is 5.78 Å². The molecule has 0 spiro atoms. The van der Waals surface area contributed by atoms with Crippen LogP contribution in [-0.2, 0) is 14.3 Å². The first-order chi connectivity index (χ1) is 8.50. The maximum atomic E-state index is 11.8. The van der Waals surface area contributed by atoms with Crippen LogP contribution in [0.3, 0.4) is 0 Å². The summed E-state index contributed by atoms with van der Waals surface area (Å²) in [6, 6.07) is 7.83. The molecule has 1 heterocycles. The molecule has 0 aromatic heterocycles. The van der Waals surface area contributed by atoms with Crippen LogP contribution in [0.15, 0.2) is 35.6 Å². The lowest BCUT2D eigenvalue weighted by molar-refractivity contribution is -0.141. The van der Waals surface area contributed by atoms with Crippen molar-refractivity contribution in [3.05, 3.63) is 46.7 Å². The van der Waals surface area contributed by atoms with Crippen LogP contribution in [0.5, 0.6) is 0 Å². The molecule has 0 saturated carbocycles. The Balaban J connectivity index is 2.54. The Hall–Kier alpha value is -1.90. The number of rotatable bonds is 2. The zero-order valence-corrected chi connectivity index (χ0v) is 10.8. The number of ketones is 1. The minimum Gasteiger partial charge on any atom is -0.431 e. The minimum absolute atomic E-state index is 0.0340. The second-order valence-corrected chi connectivity index (χ2v) is 4.61. The third kappa shape index (κ3) is 2.21. The van der Waals surface area contributed by atoms with Crippen LogP contribution < -0.4 is 0 Å². The summed E-state index contributed by atoms with van der Waals surface area (Å²) in [5.41, 5.74) is 2.73. The summed E-state index contributed by atoms with van der Waals surface area (Å²) in [6.45, 7) is 5.19. The highest BCUT2D eigenvalue weighted by molar-refractivity contribution is 5.97. The van der Waals surface area contributed by atoms with Gasteiger partial charge in [0.1, 0.15) is 5.76 Å². The van der Waals surface area contributed by atoms with Crippen molar-refractivity contribution in [2.75, 3.05) is 0 Å². The Morgan fingerprint density at radius 1 is 1.28 bits per heavy atom. The lowest BCUT2D eigenvalue weighted by Gasteiger charge is -2.26. The smallest absolute Gasteiger partial charge is 0.311 e. The lowest BCUT2D eigenvalue weighted by Crippen LogP contribution is -2.23. The molecule has 3 nitrogen and oxygen atoms in total. The number of allylic oxidation sites excluding steroid dienone is 2. The molecule has 1 atom stereocenters. The first kappa shape index (κ1) is 12.6. The summed E-state index contributed by atoms with van der Waals surface area (Å²) >= 11 is 0. The standard InChI is InChI=1S/C15H16O3/c1-9-6-4-5-7-12(9)13-8-14(17)18-11(3)15(13)10(2)16/h4-7,13H,8H2,1-3H3/t13-/m1/s1. The average molecular weight is 244 g/mol. The summed E-state index contributed by atoms with van der Waals surface area (Å²) in [5, 5.41) is 0. The van der Waals surface area contributed by atoms with E-state index in [-0.39, 0.29) is 24.1 Å². The van der Waals surface area contributed by atoms with Gasteiger partial charge in [-0.25, -0.2) is 0 Å². The molecular formula is C15H16O3. The van der Waals surface area contributed by atoms with Gasteiger partial charge in [-0.05, 0) is 31.9 Å². The summed E-state index contributed by atoms with van der Waals surface area (Å²) in [5.74, 6) is -0.0454. The number of hydrogen-bond donors (Lipinski definition) is 0. The van der Waals surface area contributed by atoms with Crippen molar-refractivity contribution in [1.29, 1.82) is 0 Å². The maximum Gasteiger partial charge on any atom is 0.311 e. The molecule has 2 rings (SSSR count). The molecule has 0 bridgehead atoms. The van der Waals surface area contributed by atoms with E-state index in [4.69, 9.17) is 4.74 Å². The number of carbonyl (C=O) groups excluding carboxylic acids is 2. The number of carbonyl (C=O) groups is 2. The number of benzene rings is 1. The molecule has 0 aliphatic carbocycles. The first-order valence-corrected chi connectivity index (χ1v) is 5.98. The fourth-order valence-electron chi connectivity index (χ4n) is 2.52. The molecule has 0 saturated heterocycles. The number of aryl methyl sites for hydroxylation is 1. The molecule has 18 heavy (non-hydrogen) atoms. The number of hydrogen-bond acceptors (Lipinski definition) is 3. The van der Waals surface area contributed by atoms with Crippen LogP contribution >= 0.6 is 0 Å². The third-order valence-corrected chi connectivity index (χ3v) is 3.31. The largest absolute Gasteiger partial charge is 0.431 e. The van der Waals surface area contributed by atoms with Crippen molar-refractivity contribution in [3.8, 4) is 0 Å². The van der Waals surface area contributed by atoms with Crippen molar-refractivity contribution in [2.45, 2.75) is 33.1 Å². The fourth-order valence-corrected chi connectivity index (χ4v) is 2.52. The van der Waals surface area contributed by atoms with Crippen molar-refractivity contribution in [1.82, 2.24) is 0 Å². The molecule has 1 aromatic carbocycles. The zero-order chi connectivity index (χ0) is 13.3. The SMILES string of the molecule is CC(=O)C1=C(C)OC(=O)C[C@@H]1c1ccccc1C. The van der Waals surface area contributed by atoms with Crippen molar-refractivity contribution >= 4 is 11.8 Å². The van der Waals surface area contributed by atoms with E-state index in [0.29, 0.717) is 11.3 Å². The number of esters is 1. The predicted octanol–water partition coefficient (Wildman–Crippen LogP) is 2.89. The molecule has 1 aromatic rings. The van der Waals surface area contributed by atoms with Crippen LogP contribution in [0.1, 0.15) is 37.3 Å². The van der Waals surface area contributed by atoms with Crippen LogP contribution in [-0.4, -0.2) is 11.8 Å². The van der Waals surface area contributed by atoms with Crippen LogP contribution in [0.4, 0.5) is 0 Å². The fraction of sp³-hybridized carbons (Fsp3) is 0.333. The molecule has 1 aliphatic heterocycles. The van der Waals surface area contributed by atoms with Crippen molar-refractivity contribution < 1.29 is 14.3 Å². The minimum atomic E-state index is -0.272. The Bertz CT molecular complexity index is 540. The van der Waals surface area contributed by atoms with Crippen LogP contribution in [0.2, 0.25) is 0 Å². The van der Waals surface area contributed by atoms with E-state index in [2.05, 4.69) is 0 Å². The Labute approximate surface area is 106 Å². The topological polar surface area (TPSA) is 43.4 Å². The van der Waals surface area contributed by atoms with E-state index >= 15 is 0 Å². The highest BCUT2D eigenvalue weighted by Gasteiger charge is 2.32. The van der Waals surface area contributed by atoms with Gasteiger partial charge in [-0.1, -0.05) is 24.3 Å². The first-order valence-electron chi connectivity index (χ1n) is 5.98. The van der Waals surface area contributed by atoms with E-state index in [9.17, 15) is 9.59 Å². The highest BCUT2D eigenvalue weighted by atomic mass is 16.5. The van der Waals surface area contributed by atoms with Gasteiger partial charge in [0, 0.05) is 11.5 Å². The van der Waals surface area contributed by atoms with Gasteiger partial charge < -0.3 is 4.74 Å². The van der Waals surface area contributed by atoms with Gasteiger partial charge in [0.05, 0.1) is 6.42 Å². The zero-order valence-electron chi connectivity index (χ0n) is 10.8. The maximum absolute atomic E-state index is 11.8. The van der Waals surface area contributed by atoms with Crippen molar-refractivity contribution in [3.63, 3.8) is 0 Å². The molecule has 0 amide bonds. The number of cyclic esters (lactones) is 1. The average Bonchev–Trinajstić information content (AvgIpc) is 2.27. The molecule has 0 unspecified atom stereocenters. The van der Waals surface area contributed by atoms with Gasteiger partial charge in [-0.2, -0.15) is 0 Å². The molecule has 0 radical (unpaired) electrons. The molecule has 0 fully saturated rings. The van der Waals surface area contributed by atoms with Crippen LogP contribution in [0, 0.1) is 6.92 Å². The van der Waals surface area contributed by atoms with Gasteiger partial charge in [-0.3, -0.25) is 9.59 Å². The molecule has 1 aliphatic rings. The third-order valence-electron chi connectivity index (χ3n) is 3.31. The highest BCUT2D eigenvalue weighted by Crippen LogP contribution is 2.36. The number of ether oxygens (including phenoxy) is 1. The molecule has 94 valence electrons. The Kier molecular flexibility index (Phi) is 3.32. The van der Waals surface area contributed by atoms with E-state index in [1.807, 2.05) is 31.2 Å². The molecule has 3 heteroatoms. The van der Waals surface area contributed by atoms with E-state index < -0.39 is 0 Å². The predicted molar refractivity (Wildman–Crippen MR) is 68.0 cm³/mol. The Morgan fingerprint density at radius 3 is 2.56 bits per heavy atom. The van der Waals surface area contributed by atoms with Gasteiger partial charge in [0.25, 0.3) is 0 Å². The quantitative estimate of drug-likeness (QED) is 0.751. The summed E-state index contributed by atoms with van der Waals surface area (Å²) in [6.07, 6.45) is 0.233. The summed E-state index contributed by atoms with van der Waals surface area (Å²) in [4.78, 5) is 23.3. The van der Waals surface area contributed by atoms with E-state index in [1.165, 1.54) is 6.92 Å².